The summed E-state index contributed by atoms with van der Waals surface area (Å²) >= 11 is 7.14. The first-order valence-corrected chi connectivity index (χ1v) is 6.04. The molecule has 1 N–H and O–H groups in total. The van der Waals surface area contributed by atoms with Crippen LogP contribution in [0.1, 0.15) is 4.88 Å². The van der Waals surface area contributed by atoms with Crippen LogP contribution in [0.5, 0.6) is 0 Å². The predicted molar refractivity (Wildman–Crippen MR) is 61.2 cm³/mol. The molecule has 0 amide bonds. The van der Waals surface area contributed by atoms with Gasteiger partial charge in [-0.3, -0.25) is 20.3 Å². The maximum Gasteiger partial charge on any atom is 0.232 e. The average molecular weight is 263 g/mol. The molecule has 0 radical (unpaired) electrons. The monoisotopic (exact) mass is 262 g/mol. The van der Waals surface area contributed by atoms with Gasteiger partial charge >= 0.3 is 0 Å². The van der Waals surface area contributed by atoms with E-state index < -0.39 is 0 Å². The summed E-state index contributed by atoms with van der Waals surface area (Å²) in [7, 11) is 0. The summed E-state index contributed by atoms with van der Waals surface area (Å²) in [6.45, 7) is 2.18. The number of rotatable bonds is 4. The Kier molecular flexibility index (Phi) is 3.70. The Hall–Kier alpha value is -0.760. The lowest BCUT2D eigenvalue weighted by Crippen LogP contribution is -2.40. The highest BCUT2D eigenvalue weighted by molar-refractivity contribution is 7.15. The summed E-state index contributed by atoms with van der Waals surface area (Å²) in [6, 6.07) is 0. The molecule has 1 atom stereocenters. The molecule has 1 saturated heterocycles. The lowest BCUT2D eigenvalue weighted by atomic mass is 10.4. The van der Waals surface area contributed by atoms with Crippen LogP contribution in [-0.2, 0) is 6.54 Å². The standard InChI is InChI=1S/C8H11ClN4O2S/c9-8-11-3-6(16-8)4-12-2-1-10-7(12)5-13(14)15/h3,7,10H,1-2,4-5H2. The van der Waals surface area contributed by atoms with Gasteiger partial charge in [0.1, 0.15) is 6.17 Å². The molecule has 1 unspecified atom stereocenters. The number of nitrogens with one attached hydrogen (secondary N) is 1. The fourth-order valence-corrected chi connectivity index (χ4v) is 2.73. The van der Waals surface area contributed by atoms with Crippen LogP contribution >= 0.6 is 22.9 Å². The van der Waals surface area contributed by atoms with Gasteiger partial charge < -0.3 is 0 Å². The van der Waals surface area contributed by atoms with Crippen molar-refractivity contribution in [3.63, 3.8) is 0 Å². The van der Waals surface area contributed by atoms with E-state index >= 15 is 0 Å². The molecule has 1 aliphatic rings. The molecule has 0 spiro atoms. The second kappa shape index (κ2) is 5.05. The van der Waals surface area contributed by atoms with Gasteiger partial charge in [-0.05, 0) is 0 Å². The normalized spacial score (nSPS) is 21.4. The van der Waals surface area contributed by atoms with Crippen LogP contribution < -0.4 is 5.32 Å². The van der Waals surface area contributed by atoms with Crippen molar-refractivity contribution in [3.8, 4) is 0 Å². The molecule has 0 aliphatic carbocycles. The van der Waals surface area contributed by atoms with Crippen molar-refractivity contribution in [2.75, 3.05) is 19.6 Å². The van der Waals surface area contributed by atoms with E-state index in [1.807, 2.05) is 4.90 Å². The van der Waals surface area contributed by atoms with Crippen LogP contribution in [0.2, 0.25) is 4.47 Å². The summed E-state index contributed by atoms with van der Waals surface area (Å²) in [5, 5.41) is 13.6. The lowest BCUT2D eigenvalue weighted by Gasteiger charge is -2.19. The molecule has 1 aromatic rings. The van der Waals surface area contributed by atoms with Gasteiger partial charge in [-0.15, -0.1) is 11.3 Å². The summed E-state index contributed by atoms with van der Waals surface area (Å²) in [4.78, 5) is 17.2. The number of aromatic nitrogens is 1. The topological polar surface area (TPSA) is 71.3 Å². The molecule has 16 heavy (non-hydrogen) atoms. The van der Waals surface area contributed by atoms with Crippen LogP contribution in [-0.4, -0.2) is 40.6 Å². The van der Waals surface area contributed by atoms with E-state index in [2.05, 4.69) is 10.3 Å². The van der Waals surface area contributed by atoms with Crippen LogP contribution in [0.15, 0.2) is 6.20 Å². The van der Waals surface area contributed by atoms with Crippen LogP contribution in [0, 0.1) is 10.1 Å². The Morgan fingerprint density at radius 2 is 2.62 bits per heavy atom. The van der Waals surface area contributed by atoms with E-state index in [1.54, 1.807) is 6.20 Å². The quantitative estimate of drug-likeness (QED) is 0.642. The highest BCUT2D eigenvalue weighted by Crippen LogP contribution is 2.20. The fraction of sp³-hybridized carbons (Fsp3) is 0.625. The third-order valence-electron chi connectivity index (χ3n) is 2.43. The smallest absolute Gasteiger partial charge is 0.232 e. The minimum Gasteiger partial charge on any atom is -0.295 e. The van der Waals surface area contributed by atoms with Gasteiger partial charge in [-0.2, -0.15) is 0 Å². The highest BCUT2D eigenvalue weighted by Gasteiger charge is 2.28. The van der Waals surface area contributed by atoms with Crippen molar-refractivity contribution in [3.05, 3.63) is 25.7 Å². The Balaban J connectivity index is 1.95. The molecule has 1 aliphatic heterocycles. The summed E-state index contributed by atoms with van der Waals surface area (Å²) in [5.41, 5.74) is 0. The van der Waals surface area contributed by atoms with Crippen molar-refractivity contribution < 1.29 is 4.92 Å². The van der Waals surface area contributed by atoms with Gasteiger partial charge in [0.05, 0.1) is 0 Å². The maximum absolute atomic E-state index is 10.5. The number of nitrogens with zero attached hydrogens (tertiary/aromatic N) is 3. The molecule has 1 fully saturated rings. The number of hydrogen-bond donors (Lipinski definition) is 1. The van der Waals surface area contributed by atoms with Crippen molar-refractivity contribution >= 4 is 22.9 Å². The molecule has 2 heterocycles. The summed E-state index contributed by atoms with van der Waals surface area (Å²) in [6.07, 6.45) is 1.53. The van der Waals surface area contributed by atoms with E-state index in [1.165, 1.54) is 11.3 Å². The Bertz CT molecular complexity index is 386. The van der Waals surface area contributed by atoms with Crippen molar-refractivity contribution in [1.29, 1.82) is 0 Å². The molecule has 0 bridgehead atoms. The third kappa shape index (κ3) is 2.88. The maximum atomic E-state index is 10.5. The van der Waals surface area contributed by atoms with Gasteiger partial charge in [0.25, 0.3) is 0 Å². The minimum absolute atomic E-state index is 0.0768. The van der Waals surface area contributed by atoms with Crippen molar-refractivity contribution in [2.45, 2.75) is 12.7 Å². The first kappa shape index (κ1) is 11.7. The lowest BCUT2D eigenvalue weighted by molar-refractivity contribution is -0.487. The Morgan fingerprint density at radius 3 is 3.25 bits per heavy atom. The molecule has 0 aromatic carbocycles. The largest absolute Gasteiger partial charge is 0.295 e. The van der Waals surface area contributed by atoms with Gasteiger partial charge in [-0.1, -0.05) is 11.6 Å². The number of nitro groups is 1. The molecule has 1 aromatic heterocycles. The molecule has 2 rings (SSSR count). The van der Waals surface area contributed by atoms with Gasteiger partial charge in [0.2, 0.25) is 6.54 Å². The van der Waals surface area contributed by atoms with E-state index in [9.17, 15) is 10.1 Å². The molecule has 6 nitrogen and oxygen atoms in total. The minimum atomic E-state index is -0.296. The van der Waals surface area contributed by atoms with Gasteiger partial charge in [0, 0.05) is 35.6 Å². The predicted octanol–water partition coefficient (Wildman–Crippen LogP) is 0.804. The fourth-order valence-electron chi connectivity index (χ4n) is 1.73. The van der Waals surface area contributed by atoms with Crippen LogP contribution in [0.25, 0.3) is 0 Å². The number of thiazole rings is 1. The van der Waals surface area contributed by atoms with Gasteiger partial charge in [-0.25, -0.2) is 4.98 Å². The zero-order chi connectivity index (χ0) is 11.5. The van der Waals surface area contributed by atoms with E-state index in [4.69, 9.17) is 11.6 Å². The molecule has 88 valence electrons. The molecular formula is C8H11ClN4O2S. The number of halogens is 1. The van der Waals surface area contributed by atoms with Gasteiger partial charge in [0.15, 0.2) is 4.47 Å². The Labute approximate surface area is 101 Å². The SMILES string of the molecule is O=[N+]([O-])CC1NCCN1Cc1cnc(Cl)s1. The second-order valence-corrected chi connectivity index (χ2v) is 5.23. The number of hydrogen-bond acceptors (Lipinski definition) is 6. The van der Waals surface area contributed by atoms with Crippen molar-refractivity contribution in [1.82, 2.24) is 15.2 Å². The highest BCUT2D eigenvalue weighted by atomic mass is 35.5. The van der Waals surface area contributed by atoms with E-state index in [0.29, 0.717) is 11.0 Å². The first-order chi connectivity index (χ1) is 7.65. The average Bonchev–Trinajstić information content (AvgIpc) is 2.77. The Morgan fingerprint density at radius 1 is 1.81 bits per heavy atom. The van der Waals surface area contributed by atoms with E-state index in [-0.39, 0.29) is 17.6 Å². The van der Waals surface area contributed by atoms with E-state index in [0.717, 1.165) is 18.0 Å². The third-order valence-corrected chi connectivity index (χ3v) is 3.53. The summed E-state index contributed by atoms with van der Waals surface area (Å²) in [5.74, 6) is 0. The zero-order valence-corrected chi connectivity index (χ0v) is 10.00. The van der Waals surface area contributed by atoms with Crippen molar-refractivity contribution in [2.24, 2.45) is 0 Å². The van der Waals surface area contributed by atoms with Crippen LogP contribution in [0.3, 0.4) is 0 Å². The zero-order valence-electron chi connectivity index (χ0n) is 8.43. The molecule has 0 saturated carbocycles. The first-order valence-electron chi connectivity index (χ1n) is 4.84. The van der Waals surface area contributed by atoms with Crippen LogP contribution in [0.4, 0.5) is 0 Å². The summed E-state index contributed by atoms with van der Waals surface area (Å²) < 4.78 is 0.507. The molecule has 8 heteroatoms. The molecular weight excluding hydrogens is 252 g/mol. The second-order valence-electron chi connectivity index (χ2n) is 3.54.